The predicted octanol–water partition coefficient (Wildman–Crippen LogP) is 6.45. The normalized spacial score (nSPS) is 17.8. The second-order valence-corrected chi connectivity index (χ2v) is 13.1. The smallest absolute Gasteiger partial charge is 0.282 e. The lowest BCUT2D eigenvalue weighted by Gasteiger charge is -2.45. The highest BCUT2D eigenvalue weighted by atomic mass is 35.5. The minimum Gasteiger partial charge on any atom is -0.307 e. The number of rotatable bonds is 6. The van der Waals surface area contributed by atoms with Crippen LogP contribution in [0.25, 0.3) is 15.3 Å². The molecule has 36 heavy (non-hydrogen) atoms. The van der Waals surface area contributed by atoms with Gasteiger partial charge in [-0.1, -0.05) is 35.1 Å². The SMILES string of the molecule is CC1(C)CC(N=Cc2c(CSc3ccc(Cl)cc3)[nH]n(-c3nc4ccccc4s3)c2=O)CC(C)(C)N1. The molecule has 6 nitrogen and oxygen atoms in total. The zero-order valence-electron chi connectivity index (χ0n) is 20.8. The molecule has 2 aromatic carbocycles. The molecule has 1 aliphatic rings. The van der Waals surface area contributed by atoms with Crippen molar-refractivity contribution in [1.82, 2.24) is 20.1 Å². The molecule has 1 fully saturated rings. The quantitative estimate of drug-likeness (QED) is 0.218. The largest absolute Gasteiger partial charge is 0.307 e. The summed E-state index contributed by atoms with van der Waals surface area (Å²) in [5.74, 6) is 0.597. The Kier molecular flexibility index (Phi) is 6.89. The van der Waals surface area contributed by atoms with Crippen LogP contribution in [0.2, 0.25) is 5.02 Å². The van der Waals surface area contributed by atoms with Crippen LogP contribution < -0.4 is 10.9 Å². The number of aliphatic imine (C=N–C) groups is 1. The molecule has 5 rings (SSSR count). The second kappa shape index (κ2) is 9.82. The van der Waals surface area contributed by atoms with Crippen molar-refractivity contribution >= 4 is 51.1 Å². The lowest BCUT2D eigenvalue weighted by atomic mass is 9.80. The topological polar surface area (TPSA) is 75.1 Å². The predicted molar refractivity (Wildman–Crippen MR) is 152 cm³/mol. The van der Waals surface area contributed by atoms with Crippen molar-refractivity contribution in [3.8, 4) is 5.13 Å². The number of para-hydroxylation sites is 1. The van der Waals surface area contributed by atoms with E-state index in [2.05, 4.69) is 38.1 Å². The van der Waals surface area contributed by atoms with Crippen molar-refractivity contribution in [2.75, 3.05) is 0 Å². The zero-order chi connectivity index (χ0) is 25.5. The van der Waals surface area contributed by atoms with Crippen LogP contribution in [-0.4, -0.2) is 38.1 Å². The summed E-state index contributed by atoms with van der Waals surface area (Å²) in [7, 11) is 0. The highest BCUT2D eigenvalue weighted by Crippen LogP contribution is 2.31. The number of benzene rings is 2. The Hall–Kier alpha value is -2.39. The Morgan fingerprint density at radius 2 is 1.83 bits per heavy atom. The van der Waals surface area contributed by atoms with E-state index >= 15 is 0 Å². The first kappa shape index (κ1) is 25.3. The number of nitrogens with one attached hydrogen (secondary N) is 2. The van der Waals surface area contributed by atoms with Gasteiger partial charge in [0.1, 0.15) is 0 Å². The Morgan fingerprint density at radius 1 is 1.14 bits per heavy atom. The summed E-state index contributed by atoms with van der Waals surface area (Å²) in [4.78, 5) is 24.3. The molecule has 1 aliphatic heterocycles. The highest BCUT2D eigenvalue weighted by molar-refractivity contribution is 7.98. The molecule has 0 aliphatic carbocycles. The number of piperidine rings is 1. The van der Waals surface area contributed by atoms with E-state index in [0.717, 1.165) is 33.6 Å². The average molecular weight is 540 g/mol. The van der Waals surface area contributed by atoms with E-state index in [1.54, 1.807) is 22.7 Å². The number of aromatic nitrogens is 3. The van der Waals surface area contributed by atoms with Crippen LogP contribution >= 0.6 is 34.7 Å². The summed E-state index contributed by atoms with van der Waals surface area (Å²) >= 11 is 9.19. The van der Waals surface area contributed by atoms with Crippen LogP contribution in [0.4, 0.5) is 0 Å². The number of hydrogen-bond donors (Lipinski definition) is 2. The fourth-order valence-electron chi connectivity index (χ4n) is 5.07. The van der Waals surface area contributed by atoms with E-state index in [9.17, 15) is 4.79 Å². The van der Waals surface area contributed by atoms with Gasteiger partial charge in [0.15, 0.2) is 0 Å². The summed E-state index contributed by atoms with van der Waals surface area (Å²) in [5, 5.41) is 8.36. The third-order valence-corrected chi connectivity index (χ3v) is 8.57. The minimum atomic E-state index is -0.128. The minimum absolute atomic E-state index is 0.0175. The molecular formula is C27H30ClN5OS2. The van der Waals surface area contributed by atoms with Crippen LogP contribution in [0.1, 0.15) is 51.8 Å². The van der Waals surface area contributed by atoms with Crippen molar-refractivity contribution in [1.29, 1.82) is 0 Å². The van der Waals surface area contributed by atoms with Gasteiger partial charge in [0.05, 0.1) is 27.5 Å². The summed E-state index contributed by atoms with van der Waals surface area (Å²) in [6.07, 6.45) is 3.61. The molecule has 9 heteroatoms. The van der Waals surface area contributed by atoms with Gasteiger partial charge in [-0.05, 0) is 76.9 Å². The number of halogens is 1. The lowest BCUT2D eigenvalue weighted by Crippen LogP contribution is -2.58. The van der Waals surface area contributed by atoms with Gasteiger partial charge in [-0.2, -0.15) is 4.68 Å². The molecule has 188 valence electrons. The van der Waals surface area contributed by atoms with Crippen LogP contribution in [0, 0.1) is 0 Å². The van der Waals surface area contributed by atoms with Crippen LogP contribution in [0.5, 0.6) is 0 Å². The summed E-state index contributed by atoms with van der Waals surface area (Å²) in [6.45, 7) is 8.84. The van der Waals surface area contributed by atoms with Gasteiger partial charge in [-0.25, -0.2) is 4.98 Å². The molecule has 0 radical (unpaired) electrons. The van der Waals surface area contributed by atoms with E-state index in [-0.39, 0.29) is 22.7 Å². The number of aromatic amines is 1. The zero-order valence-corrected chi connectivity index (χ0v) is 23.2. The molecule has 0 bridgehead atoms. The first-order valence-corrected chi connectivity index (χ1v) is 14.2. The Morgan fingerprint density at radius 3 is 2.53 bits per heavy atom. The van der Waals surface area contributed by atoms with Crippen LogP contribution in [0.15, 0.2) is 63.2 Å². The first-order valence-electron chi connectivity index (χ1n) is 12.0. The van der Waals surface area contributed by atoms with Crippen LogP contribution in [0.3, 0.4) is 0 Å². The molecule has 0 amide bonds. The van der Waals surface area contributed by atoms with Gasteiger partial charge in [0.25, 0.3) is 5.56 Å². The maximum Gasteiger partial charge on any atom is 0.282 e. The number of thiazole rings is 1. The fraction of sp³-hybridized carbons (Fsp3) is 0.370. The van der Waals surface area contributed by atoms with Gasteiger partial charge < -0.3 is 5.32 Å². The van der Waals surface area contributed by atoms with E-state index < -0.39 is 0 Å². The number of fused-ring (bicyclic) bond motifs is 1. The molecule has 4 aromatic rings. The monoisotopic (exact) mass is 539 g/mol. The molecule has 0 atom stereocenters. The Bertz CT molecular complexity index is 1420. The van der Waals surface area contributed by atoms with Crippen molar-refractivity contribution < 1.29 is 0 Å². The molecule has 3 heterocycles. The molecular weight excluding hydrogens is 510 g/mol. The molecule has 0 unspecified atom stereocenters. The third-order valence-electron chi connectivity index (χ3n) is 6.26. The molecule has 0 saturated carbocycles. The maximum absolute atomic E-state index is 13.6. The van der Waals surface area contributed by atoms with E-state index in [4.69, 9.17) is 21.6 Å². The number of thioether (sulfide) groups is 1. The first-order chi connectivity index (χ1) is 17.1. The van der Waals surface area contributed by atoms with Crippen LogP contribution in [-0.2, 0) is 5.75 Å². The highest BCUT2D eigenvalue weighted by Gasteiger charge is 2.37. The summed E-state index contributed by atoms with van der Waals surface area (Å²) in [5.41, 5.74) is 2.13. The Balaban J connectivity index is 1.49. The summed E-state index contributed by atoms with van der Waals surface area (Å²) < 4.78 is 2.60. The van der Waals surface area contributed by atoms with Gasteiger partial charge in [-0.15, -0.1) is 11.8 Å². The third kappa shape index (κ3) is 5.62. The lowest BCUT2D eigenvalue weighted by molar-refractivity contribution is 0.164. The average Bonchev–Trinajstić information content (AvgIpc) is 3.36. The van der Waals surface area contributed by atoms with Gasteiger partial charge >= 0.3 is 0 Å². The van der Waals surface area contributed by atoms with Gasteiger partial charge in [-0.3, -0.25) is 14.9 Å². The molecule has 2 aromatic heterocycles. The Labute approximate surface area is 224 Å². The summed E-state index contributed by atoms with van der Waals surface area (Å²) in [6, 6.07) is 15.8. The van der Waals surface area contributed by atoms with E-state index in [0.29, 0.717) is 21.5 Å². The maximum atomic E-state index is 13.6. The van der Waals surface area contributed by atoms with Crippen molar-refractivity contribution in [3.05, 3.63) is 75.2 Å². The molecule has 1 saturated heterocycles. The number of nitrogens with zero attached hydrogens (tertiary/aromatic N) is 3. The van der Waals surface area contributed by atoms with Gasteiger partial charge in [0, 0.05) is 33.0 Å². The second-order valence-electron chi connectivity index (χ2n) is 10.6. The van der Waals surface area contributed by atoms with Crippen molar-refractivity contribution in [3.63, 3.8) is 0 Å². The van der Waals surface area contributed by atoms with Crippen molar-refractivity contribution in [2.24, 2.45) is 4.99 Å². The van der Waals surface area contributed by atoms with Gasteiger partial charge in [0.2, 0.25) is 5.13 Å². The molecule has 0 spiro atoms. The number of hydrogen-bond acceptors (Lipinski definition) is 6. The molecule has 2 N–H and O–H groups in total. The van der Waals surface area contributed by atoms with Crippen molar-refractivity contribution in [2.45, 2.75) is 68.3 Å². The van der Waals surface area contributed by atoms with E-state index in [1.165, 1.54) is 11.3 Å². The number of H-pyrrole nitrogens is 1. The standard InChI is InChI=1S/C27H30ClN5OS2/c1-26(2)13-18(14-27(3,4)32-26)29-15-20-22(16-35-19-11-9-17(28)10-12-19)31-33(24(20)34)25-30-21-7-5-6-8-23(21)36-25/h5-12,15,18,31-32H,13-14,16H2,1-4H3. The van der Waals surface area contributed by atoms with E-state index in [1.807, 2.05) is 48.5 Å². The fourth-order valence-corrected chi connectivity index (χ4v) is 6.98.